The monoisotopic (exact) mass is 212 g/mol. The maximum atomic E-state index is 12.0. The van der Waals surface area contributed by atoms with Crippen LogP contribution in [0.5, 0.6) is 0 Å². The number of ketones is 1. The van der Waals surface area contributed by atoms with E-state index in [-0.39, 0.29) is 11.7 Å². The summed E-state index contributed by atoms with van der Waals surface area (Å²) in [6, 6.07) is 14.1. The SMILES string of the molecule is CCC(C)C(=O)c1ccc2ccccc2c1. The van der Waals surface area contributed by atoms with Gasteiger partial charge in [0.2, 0.25) is 0 Å². The van der Waals surface area contributed by atoms with Gasteiger partial charge in [-0.25, -0.2) is 0 Å². The second-order valence-corrected chi connectivity index (χ2v) is 4.24. The summed E-state index contributed by atoms with van der Waals surface area (Å²) in [5.74, 6) is 0.356. The van der Waals surface area contributed by atoms with Crippen molar-refractivity contribution in [2.24, 2.45) is 5.92 Å². The van der Waals surface area contributed by atoms with Crippen molar-refractivity contribution >= 4 is 16.6 Å². The van der Waals surface area contributed by atoms with Gasteiger partial charge in [-0.2, -0.15) is 0 Å². The predicted octanol–water partition coefficient (Wildman–Crippen LogP) is 4.07. The molecule has 0 fully saturated rings. The zero-order valence-electron chi connectivity index (χ0n) is 9.73. The van der Waals surface area contributed by atoms with E-state index in [2.05, 4.69) is 6.07 Å². The van der Waals surface area contributed by atoms with Crippen LogP contribution in [0.2, 0.25) is 0 Å². The Kier molecular flexibility index (Phi) is 3.04. The molecule has 0 heterocycles. The smallest absolute Gasteiger partial charge is 0.165 e. The first-order valence-electron chi connectivity index (χ1n) is 5.75. The van der Waals surface area contributed by atoms with E-state index in [1.54, 1.807) is 0 Å². The summed E-state index contributed by atoms with van der Waals surface area (Å²) in [4.78, 5) is 12.0. The molecule has 0 spiro atoms. The van der Waals surface area contributed by atoms with Crippen LogP contribution in [0.15, 0.2) is 42.5 Å². The average Bonchev–Trinajstić information content (AvgIpc) is 2.36. The van der Waals surface area contributed by atoms with Gasteiger partial charge >= 0.3 is 0 Å². The maximum Gasteiger partial charge on any atom is 0.165 e. The van der Waals surface area contributed by atoms with Crippen molar-refractivity contribution in [1.82, 2.24) is 0 Å². The van der Waals surface area contributed by atoms with Gasteiger partial charge in [-0.3, -0.25) is 4.79 Å². The molecule has 1 atom stereocenters. The van der Waals surface area contributed by atoms with Gasteiger partial charge in [0.15, 0.2) is 5.78 Å². The summed E-state index contributed by atoms with van der Waals surface area (Å²) in [7, 11) is 0. The molecule has 1 heteroatoms. The molecular weight excluding hydrogens is 196 g/mol. The fourth-order valence-corrected chi connectivity index (χ4v) is 1.81. The molecule has 2 aromatic rings. The molecule has 1 unspecified atom stereocenters. The minimum atomic E-state index is 0.112. The lowest BCUT2D eigenvalue weighted by Crippen LogP contribution is -2.09. The number of rotatable bonds is 3. The Labute approximate surface area is 96.1 Å². The molecule has 0 aliphatic heterocycles. The molecule has 2 aromatic carbocycles. The molecule has 2 rings (SSSR count). The van der Waals surface area contributed by atoms with Crippen molar-refractivity contribution in [2.75, 3.05) is 0 Å². The first-order valence-corrected chi connectivity index (χ1v) is 5.75. The third kappa shape index (κ3) is 1.99. The summed E-state index contributed by atoms with van der Waals surface area (Å²) in [5, 5.41) is 2.32. The standard InChI is InChI=1S/C15H16O/c1-3-11(2)15(16)14-9-8-12-6-4-5-7-13(12)10-14/h4-11H,3H2,1-2H3. The number of fused-ring (bicyclic) bond motifs is 1. The second kappa shape index (κ2) is 4.48. The van der Waals surface area contributed by atoms with E-state index in [1.165, 1.54) is 5.39 Å². The molecular formula is C15H16O. The molecule has 0 radical (unpaired) electrons. The van der Waals surface area contributed by atoms with Gasteiger partial charge in [0.1, 0.15) is 0 Å². The third-order valence-corrected chi connectivity index (χ3v) is 3.09. The van der Waals surface area contributed by atoms with E-state index in [9.17, 15) is 4.79 Å². The fraction of sp³-hybridized carbons (Fsp3) is 0.267. The summed E-state index contributed by atoms with van der Waals surface area (Å²) >= 11 is 0. The summed E-state index contributed by atoms with van der Waals surface area (Å²) in [5.41, 5.74) is 0.827. The van der Waals surface area contributed by atoms with Crippen molar-refractivity contribution in [3.63, 3.8) is 0 Å². The lowest BCUT2D eigenvalue weighted by molar-refractivity contribution is 0.0927. The van der Waals surface area contributed by atoms with Crippen LogP contribution in [0.1, 0.15) is 30.6 Å². The van der Waals surface area contributed by atoms with Crippen molar-refractivity contribution in [3.05, 3.63) is 48.0 Å². The molecule has 0 bridgehead atoms. The van der Waals surface area contributed by atoms with E-state index in [1.807, 2.05) is 50.2 Å². The highest BCUT2D eigenvalue weighted by Crippen LogP contribution is 2.18. The van der Waals surface area contributed by atoms with E-state index < -0.39 is 0 Å². The maximum absolute atomic E-state index is 12.0. The van der Waals surface area contributed by atoms with E-state index in [0.29, 0.717) is 0 Å². The molecule has 0 saturated carbocycles. The quantitative estimate of drug-likeness (QED) is 0.701. The highest BCUT2D eigenvalue weighted by Gasteiger charge is 2.12. The van der Waals surface area contributed by atoms with E-state index in [0.717, 1.165) is 17.4 Å². The Hall–Kier alpha value is -1.63. The van der Waals surface area contributed by atoms with Gasteiger partial charge in [-0.05, 0) is 23.3 Å². The minimum Gasteiger partial charge on any atom is -0.294 e. The second-order valence-electron chi connectivity index (χ2n) is 4.24. The largest absolute Gasteiger partial charge is 0.294 e. The van der Waals surface area contributed by atoms with Gasteiger partial charge in [-0.15, -0.1) is 0 Å². The van der Waals surface area contributed by atoms with Crippen LogP contribution >= 0.6 is 0 Å². The molecule has 0 saturated heterocycles. The van der Waals surface area contributed by atoms with Crippen LogP contribution in [-0.2, 0) is 0 Å². The summed E-state index contributed by atoms with van der Waals surface area (Å²) < 4.78 is 0. The third-order valence-electron chi connectivity index (χ3n) is 3.09. The Morgan fingerprint density at radius 2 is 1.81 bits per heavy atom. The first-order chi connectivity index (χ1) is 7.72. The van der Waals surface area contributed by atoms with Crippen molar-refractivity contribution in [2.45, 2.75) is 20.3 Å². The van der Waals surface area contributed by atoms with Crippen LogP contribution in [0.3, 0.4) is 0 Å². The summed E-state index contributed by atoms with van der Waals surface area (Å²) in [6.07, 6.45) is 0.895. The van der Waals surface area contributed by atoms with Crippen molar-refractivity contribution in [3.8, 4) is 0 Å². The van der Waals surface area contributed by atoms with Gasteiger partial charge < -0.3 is 0 Å². The number of Topliss-reactive ketones (excluding diaryl/α,β-unsaturated/α-hetero) is 1. The van der Waals surface area contributed by atoms with Gasteiger partial charge in [0.25, 0.3) is 0 Å². The molecule has 0 aliphatic carbocycles. The number of benzene rings is 2. The number of hydrogen-bond acceptors (Lipinski definition) is 1. The van der Waals surface area contributed by atoms with Crippen LogP contribution in [0.25, 0.3) is 10.8 Å². The number of hydrogen-bond donors (Lipinski definition) is 0. The van der Waals surface area contributed by atoms with Crippen LogP contribution in [-0.4, -0.2) is 5.78 Å². The molecule has 0 amide bonds. The lowest BCUT2D eigenvalue weighted by atomic mass is 9.95. The molecule has 16 heavy (non-hydrogen) atoms. The Morgan fingerprint density at radius 1 is 1.12 bits per heavy atom. The molecule has 1 nitrogen and oxygen atoms in total. The van der Waals surface area contributed by atoms with Crippen molar-refractivity contribution < 1.29 is 4.79 Å². The van der Waals surface area contributed by atoms with Crippen molar-refractivity contribution in [1.29, 1.82) is 0 Å². The van der Waals surface area contributed by atoms with E-state index in [4.69, 9.17) is 0 Å². The van der Waals surface area contributed by atoms with Crippen LogP contribution < -0.4 is 0 Å². The van der Waals surface area contributed by atoms with E-state index >= 15 is 0 Å². The highest BCUT2D eigenvalue weighted by atomic mass is 16.1. The van der Waals surface area contributed by atoms with Gasteiger partial charge in [0.05, 0.1) is 0 Å². The minimum absolute atomic E-state index is 0.112. The molecule has 0 aromatic heterocycles. The predicted molar refractivity (Wildman–Crippen MR) is 67.7 cm³/mol. The van der Waals surface area contributed by atoms with Gasteiger partial charge in [0, 0.05) is 11.5 Å². The number of carbonyl (C=O) groups is 1. The zero-order valence-corrected chi connectivity index (χ0v) is 9.73. The molecule has 0 aliphatic rings. The first kappa shape index (κ1) is 10.9. The zero-order chi connectivity index (χ0) is 11.5. The average molecular weight is 212 g/mol. The molecule has 0 N–H and O–H groups in total. The lowest BCUT2D eigenvalue weighted by Gasteiger charge is -2.08. The topological polar surface area (TPSA) is 17.1 Å². The normalized spacial score (nSPS) is 12.6. The Morgan fingerprint density at radius 3 is 2.50 bits per heavy atom. The molecule has 82 valence electrons. The van der Waals surface area contributed by atoms with Crippen LogP contribution in [0.4, 0.5) is 0 Å². The van der Waals surface area contributed by atoms with Gasteiger partial charge in [-0.1, -0.05) is 50.2 Å². The van der Waals surface area contributed by atoms with Crippen LogP contribution in [0, 0.1) is 5.92 Å². The fourth-order valence-electron chi connectivity index (χ4n) is 1.81. The summed E-state index contributed by atoms with van der Waals surface area (Å²) in [6.45, 7) is 4.03. The Balaban J connectivity index is 2.43. The Bertz CT molecular complexity index is 514. The number of carbonyl (C=O) groups excluding carboxylic acids is 1. The highest BCUT2D eigenvalue weighted by molar-refractivity contribution is 6.01.